The lowest BCUT2D eigenvalue weighted by Gasteiger charge is -2.32. The van der Waals surface area contributed by atoms with Crippen molar-refractivity contribution < 1.29 is 4.79 Å². The van der Waals surface area contributed by atoms with E-state index >= 15 is 0 Å². The summed E-state index contributed by atoms with van der Waals surface area (Å²) in [5.74, 6) is 0.436. The highest BCUT2D eigenvalue weighted by Gasteiger charge is 2.25. The molecule has 1 aliphatic rings. The van der Waals surface area contributed by atoms with Gasteiger partial charge in [0, 0.05) is 37.1 Å². The molecule has 128 valence electrons. The van der Waals surface area contributed by atoms with E-state index in [2.05, 4.69) is 26.0 Å². The van der Waals surface area contributed by atoms with Gasteiger partial charge in [-0.1, -0.05) is 0 Å². The second-order valence-corrected chi connectivity index (χ2v) is 6.77. The Labute approximate surface area is 146 Å². The largest absolute Gasteiger partial charge is 0.346 e. The minimum absolute atomic E-state index is 0.0172. The number of nitrogens with zero attached hydrogens (tertiary/aromatic N) is 4. The summed E-state index contributed by atoms with van der Waals surface area (Å²) in [4.78, 5) is 30.6. The number of nitrogens with one attached hydrogen (secondary N) is 1. The molecule has 0 saturated carbocycles. The van der Waals surface area contributed by atoms with E-state index in [1.54, 1.807) is 12.4 Å². The number of fused-ring (bicyclic) bond motifs is 1. The molecule has 0 aromatic carbocycles. The van der Waals surface area contributed by atoms with Gasteiger partial charge in [-0.25, -0.2) is 9.97 Å². The molecule has 0 radical (unpaired) electrons. The van der Waals surface area contributed by atoms with Crippen molar-refractivity contribution >= 4 is 16.9 Å². The van der Waals surface area contributed by atoms with Crippen LogP contribution in [-0.4, -0.2) is 43.8 Å². The van der Waals surface area contributed by atoms with Crippen LogP contribution in [0.15, 0.2) is 36.9 Å². The van der Waals surface area contributed by atoms with Crippen LogP contribution in [0.4, 0.5) is 0 Å². The van der Waals surface area contributed by atoms with Gasteiger partial charge in [-0.15, -0.1) is 0 Å². The molecule has 0 bridgehead atoms. The summed E-state index contributed by atoms with van der Waals surface area (Å²) >= 11 is 0. The Hall–Kier alpha value is -2.76. The number of rotatable bonds is 3. The Balaban J connectivity index is 1.45. The molecule has 25 heavy (non-hydrogen) atoms. The van der Waals surface area contributed by atoms with Crippen LogP contribution in [0, 0.1) is 12.8 Å². The second-order valence-electron chi connectivity index (χ2n) is 6.77. The van der Waals surface area contributed by atoms with Crippen LogP contribution in [0.3, 0.4) is 0 Å². The van der Waals surface area contributed by atoms with Crippen LogP contribution in [0.1, 0.15) is 34.6 Å². The summed E-state index contributed by atoms with van der Waals surface area (Å²) in [6.07, 6.45) is 10.2. The van der Waals surface area contributed by atoms with Crippen molar-refractivity contribution in [3.8, 4) is 0 Å². The fraction of sp³-hybridized carbons (Fsp3) is 0.368. The van der Waals surface area contributed by atoms with E-state index in [9.17, 15) is 4.79 Å². The van der Waals surface area contributed by atoms with E-state index < -0.39 is 0 Å². The predicted octanol–water partition coefficient (Wildman–Crippen LogP) is 2.76. The first-order chi connectivity index (χ1) is 12.2. The van der Waals surface area contributed by atoms with Crippen LogP contribution >= 0.6 is 0 Å². The van der Waals surface area contributed by atoms with Crippen LogP contribution < -0.4 is 0 Å². The number of likely N-dealkylation sites (tertiary alicyclic amines) is 1. The number of hydrogen-bond donors (Lipinski definition) is 1. The minimum Gasteiger partial charge on any atom is -0.346 e. The SMILES string of the molecule is Cc1cnc(C(=O)N2CCCC(Cc3cnc4[nH]ccc4c3)C2)cn1. The zero-order valence-corrected chi connectivity index (χ0v) is 14.3. The van der Waals surface area contributed by atoms with Gasteiger partial charge in [0.05, 0.1) is 11.9 Å². The molecule has 1 atom stereocenters. The smallest absolute Gasteiger partial charge is 0.274 e. The average molecular weight is 335 g/mol. The Kier molecular flexibility index (Phi) is 4.17. The second kappa shape index (κ2) is 6.63. The third-order valence-electron chi connectivity index (χ3n) is 4.79. The fourth-order valence-corrected chi connectivity index (χ4v) is 3.51. The maximum absolute atomic E-state index is 12.7. The molecule has 1 aliphatic heterocycles. The van der Waals surface area contributed by atoms with Gasteiger partial charge in [0.1, 0.15) is 11.3 Å². The molecule has 1 N–H and O–H groups in total. The van der Waals surface area contributed by atoms with Gasteiger partial charge in [0.25, 0.3) is 5.91 Å². The number of amides is 1. The maximum Gasteiger partial charge on any atom is 0.274 e. The maximum atomic E-state index is 12.7. The van der Waals surface area contributed by atoms with E-state index in [-0.39, 0.29) is 5.91 Å². The number of aromatic amines is 1. The first kappa shape index (κ1) is 15.7. The summed E-state index contributed by atoms with van der Waals surface area (Å²) in [6, 6.07) is 4.23. The molecule has 3 aromatic rings. The molecule has 4 heterocycles. The standard InChI is InChI=1S/C19H21N5O/c1-13-9-22-17(11-21-13)19(25)24-6-2-3-14(12-24)7-15-8-16-4-5-20-18(16)23-10-15/h4-5,8-11,14H,2-3,6-7,12H2,1H3,(H,20,23). The molecule has 6 nitrogen and oxygen atoms in total. The van der Waals surface area contributed by atoms with Gasteiger partial charge in [-0.05, 0) is 49.8 Å². The first-order valence-corrected chi connectivity index (χ1v) is 8.69. The lowest BCUT2D eigenvalue weighted by molar-refractivity contribution is 0.0667. The number of hydrogen-bond acceptors (Lipinski definition) is 4. The zero-order chi connectivity index (χ0) is 17.2. The van der Waals surface area contributed by atoms with Crippen molar-refractivity contribution in [3.05, 3.63) is 53.9 Å². The predicted molar refractivity (Wildman–Crippen MR) is 95.2 cm³/mol. The number of H-pyrrole nitrogens is 1. The number of carbonyl (C=O) groups excluding carboxylic acids is 1. The van der Waals surface area contributed by atoms with E-state index in [4.69, 9.17) is 0 Å². The Morgan fingerprint density at radius 3 is 3.04 bits per heavy atom. The van der Waals surface area contributed by atoms with Gasteiger partial charge < -0.3 is 9.88 Å². The van der Waals surface area contributed by atoms with Crippen LogP contribution in [0.2, 0.25) is 0 Å². The van der Waals surface area contributed by atoms with Gasteiger partial charge >= 0.3 is 0 Å². The van der Waals surface area contributed by atoms with Crippen LogP contribution in [-0.2, 0) is 6.42 Å². The molecule has 6 heteroatoms. The molecule has 3 aromatic heterocycles. The highest BCUT2D eigenvalue weighted by atomic mass is 16.2. The van der Waals surface area contributed by atoms with Crippen molar-refractivity contribution in [2.45, 2.75) is 26.2 Å². The molecule has 1 fully saturated rings. The minimum atomic E-state index is -0.0172. The number of carbonyl (C=O) groups is 1. The monoisotopic (exact) mass is 335 g/mol. The van der Waals surface area contributed by atoms with Crippen molar-refractivity contribution in [1.29, 1.82) is 0 Å². The Bertz CT molecular complexity index is 886. The number of aryl methyl sites for hydroxylation is 1. The lowest BCUT2D eigenvalue weighted by atomic mass is 9.91. The third kappa shape index (κ3) is 3.38. The fourth-order valence-electron chi connectivity index (χ4n) is 3.51. The highest BCUT2D eigenvalue weighted by molar-refractivity contribution is 5.92. The summed E-state index contributed by atoms with van der Waals surface area (Å²) in [7, 11) is 0. The van der Waals surface area contributed by atoms with Gasteiger partial charge in [0.15, 0.2) is 0 Å². The van der Waals surface area contributed by atoms with Gasteiger partial charge in [0.2, 0.25) is 0 Å². The topological polar surface area (TPSA) is 74.8 Å². The van der Waals surface area contributed by atoms with Crippen molar-refractivity contribution in [2.24, 2.45) is 5.92 Å². The highest BCUT2D eigenvalue weighted by Crippen LogP contribution is 2.23. The van der Waals surface area contributed by atoms with E-state index in [1.165, 1.54) is 5.56 Å². The molecular weight excluding hydrogens is 314 g/mol. The quantitative estimate of drug-likeness (QED) is 0.798. The van der Waals surface area contributed by atoms with Crippen molar-refractivity contribution in [3.63, 3.8) is 0 Å². The molecule has 0 aliphatic carbocycles. The number of piperidine rings is 1. The van der Waals surface area contributed by atoms with E-state index in [0.29, 0.717) is 11.6 Å². The van der Waals surface area contributed by atoms with Crippen molar-refractivity contribution in [2.75, 3.05) is 13.1 Å². The molecule has 1 saturated heterocycles. The molecular formula is C19H21N5O. The van der Waals surface area contributed by atoms with Gasteiger partial charge in [-0.3, -0.25) is 9.78 Å². The lowest BCUT2D eigenvalue weighted by Crippen LogP contribution is -2.40. The molecule has 0 spiro atoms. The summed E-state index contributed by atoms with van der Waals surface area (Å²) < 4.78 is 0. The average Bonchev–Trinajstić information content (AvgIpc) is 3.10. The van der Waals surface area contributed by atoms with Crippen LogP contribution in [0.25, 0.3) is 11.0 Å². The Morgan fingerprint density at radius 1 is 1.28 bits per heavy atom. The van der Waals surface area contributed by atoms with E-state index in [0.717, 1.165) is 49.1 Å². The molecule has 1 unspecified atom stereocenters. The zero-order valence-electron chi connectivity index (χ0n) is 14.3. The summed E-state index contributed by atoms with van der Waals surface area (Å²) in [5.41, 5.74) is 3.39. The van der Waals surface area contributed by atoms with E-state index in [1.807, 2.05) is 30.3 Å². The normalized spacial score (nSPS) is 17.8. The third-order valence-corrected chi connectivity index (χ3v) is 4.79. The van der Waals surface area contributed by atoms with Crippen LogP contribution in [0.5, 0.6) is 0 Å². The summed E-state index contributed by atoms with van der Waals surface area (Å²) in [5, 5.41) is 1.14. The number of pyridine rings is 1. The van der Waals surface area contributed by atoms with Crippen molar-refractivity contribution in [1.82, 2.24) is 24.8 Å². The summed E-state index contributed by atoms with van der Waals surface area (Å²) in [6.45, 7) is 3.42. The molecule has 1 amide bonds. The van der Waals surface area contributed by atoms with Gasteiger partial charge in [-0.2, -0.15) is 0 Å². The first-order valence-electron chi connectivity index (χ1n) is 8.69. The Morgan fingerprint density at radius 2 is 2.20 bits per heavy atom. The number of aromatic nitrogens is 4. The molecule has 4 rings (SSSR count).